The summed E-state index contributed by atoms with van der Waals surface area (Å²) < 4.78 is 51.3. The number of rotatable bonds is 3. The molecule has 88 valence electrons. The molecule has 0 radical (unpaired) electrons. The lowest BCUT2D eigenvalue weighted by molar-refractivity contribution is 0.589. The number of halogens is 2. The molecular weight excluding hydrogens is 238 g/mol. The Labute approximate surface area is 91.5 Å². The number of nitrogens with one attached hydrogen (secondary N) is 1. The smallest absolute Gasteiger partial charge is 0.235 e. The maximum atomic E-state index is 13.4. The Hall–Kier alpha value is -1.37. The highest BCUT2D eigenvalue weighted by Gasteiger charge is 2.36. The molecule has 0 atom stereocenters. The lowest BCUT2D eigenvalue weighted by Gasteiger charge is -2.09. The van der Waals surface area contributed by atoms with Crippen LogP contribution < -0.4 is 10.5 Å². The van der Waals surface area contributed by atoms with Gasteiger partial charge in [0.2, 0.25) is 10.0 Å². The van der Waals surface area contributed by atoms with E-state index in [0.717, 1.165) is 12.1 Å². The van der Waals surface area contributed by atoms with Crippen molar-refractivity contribution in [1.29, 1.82) is 0 Å². The fourth-order valence-corrected chi connectivity index (χ4v) is 2.65. The van der Waals surface area contributed by atoms with Gasteiger partial charge in [-0.25, -0.2) is 17.2 Å². The summed E-state index contributed by atoms with van der Waals surface area (Å²) in [6, 6.07) is 1.93. The van der Waals surface area contributed by atoms with Gasteiger partial charge < -0.3 is 5.73 Å². The Kier molecular flexibility index (Phi) is 2.49. The third-order valence-electron chi connectivity index (χ3n) is 2.34. The van der Waals surface area contributed by atoms with Crippen molar-refractivity contribution in [1.82, 2.24) is 0 Å². The molecule has 3 N–H and O–H groups in total. The van der Waals surface area contributed by atoms with Gasteiger partial charge in [0.15, 0.2) is 5.82 Å². The lowest BCUT2D eigenvalue weighted by atomic mass is 10.2. The first kappa shape index (κ1) is 11.1. The zero-order valence-corrected chi connectivity index (χ0v) is 9.02. The summed E-state index contributed by atoms with van der Waals surface area (Å²) in [5.74, 6) is -1.99. The zero-order chi connectivity index (χ0) is 11.9. The molecule has 0 heterocycles. The van der Waals surface area contributed by atoms with Gasteiger partial charge in [0.1, 0.15) is 11.5 Å². The van der Waals surface area contributed by atoms with E-state index in [0.29, 0.717) is 12.8 Å². The predicted octanol–water partition coefficient (Wildman–Crippen LogP) is 1.45. The van der Waals surface area contributed by atoms with Crippen molar-refractivity contribution in [2.24, 2.45) is 0 Å². The van der Waals surface area contributed by atoms with Crippen LogP contribution in [0.1, 0.15) is 12.8 Å². The predicted molar refractivity (Wildman–Crippen MR) is 56.3 cm³/mol. The molecule has 0 aliphatic heterocycles. The van der Waals surface area contributed by atoms with Gasteiger partial charge in [-0.05, 0) is 25.0 Å². The molecule has 1 aliphatic carbocycles. The first-order valence-corrected chi connectivity index (χ1v) is 6.21. The van der Waals surface area contributed by atoms with Gasteiger partial charge >= 0.3 is 0 Å². The summed E-state index contributed by atoms with van der Waals surface area (Å²) in [4.78, 5) is 0. The molecule has 0 unspecified atom stereocenters. The molecule has 1 aromatic rings. The van der Waals surface area contributed by atoms with Crippen LogP contribution in [0.25, 0.3) is 0 Å². The number of hydrogen-bond acceptors (Lipinski definition) is 3. The van der Waals surface area contributed by atoms with Crippen LogP contribution in [0.4, 0.5) is 20.2 Å². The Bertz CT molecular complexity index is 527. The molecule has 2 rings (SSSR count). The summed E-state index contributed by atoms with van der Waals surface area (Å²) in [7, 11) is -3.56. The minimum Gasteiger partial charge on any atom is -0.394 e. The number of hydrogen-bond donors (Lipinski definition) is 2. The normalized spacial score (nSPS) is 16.1. The standard InChI is InChI=1S/C9H10F2N2O2S/c10-6-3-4-7(8(11)9(6)12)13-16(14,15)5-1-2-5/h3-5,13H,1-2,12H2. The third kappa shape index (κ3) is 1.95. The second-order valence-electron chi connectivity index (χ2n) is 3.67. The van der Waals surface area contributed by atoms with Gasteiger partial charge in [0.05, 0.1) is 10.9 Å². The van der Waals surface area contributed by atoms with E-state index >= 15 is 0 Å². The topological polar surface area (TPSA) is 72.2 Å². The molecule has 0 bridgehead atoms. The third-order valence-corrected chi connectivity index (χ3v) is 4.20. The summed E-state index contributed by atoms with van der Waals surface area (Å²) in [5.41, 5.74) is 4.11. The van der Waals surface area contributed by atoms with Crippen LogP contribution in [-0.4, -0.2) is 13.7 Å². The largest absolute Gasteiger partial charge is 0.394 e. The molecule has 1 saturated carbocycles. The quantitative estimate of drug-likeness (QED) is 0.795. The summed E-state index contributed by atoms with van der Waals surface area (Å²) >= 11 is 0. The van der Waals surface area contributed by atoms with Crippen molar-refractivity contribution in [3.63, 3.8) is 0 Å². The molecule has 0 aromatic heterocycles. The molecule has 0 amide bonds. The number of benzene rings is 1. The van der Waals surface area contributed by atoms with Crippen LogP contribution in [0, 0.1) is 11.6 Å². The van der Waals surface area contributed by atoms with Crippen LogP contribution in [0.3, 0.4) is 0 Å². The van der Waals surface area contributed by atoms with Gasteiger partial charge in [-0.1, -0.05) is 0 Å². The number of nitrogen functional groups attached to an aromatic ring is 1. The van der Waals surface area contributed by atoms with E-state index in [1.807, 2.05) is 0 Å². The Morgan fingerprint density at radius 2 is 1.94 bits per heavy atom. The highest BCUT2D eigenvalue weighted by molar-refractivity contribution is 7.93. The summed E-state index contributed by atoms with van der Waals surface area (Å²) in [5, 5.41) is -0.474. The molecular formula is C9H10F2N2O2S. The van der Waals surface area contributed by atoms with E-state index < -0.39 is 32.6 Å². The van der Waals surface area contributed by atoms with Crippen LogP contribution in [0.2, 0.25) is 0 Å². The second kappa shape index (κ2) is 3.58. The van der Waals surface area contributed by atoms with E-state index in [1.165, 1.54) is 0 Å². The van der Waals surface area contributed by atoms with Crippen molar-refractivity contribution in [2.45, 2.75) is 18.1 Å². The zero-order valence-electron chi connectivity index (χ0n) is 8.20. The number of sulfonamides is 1. The minimum absolute atomic E-state index is 0.314. The fourth-order valence-electron chi connectivity index (χ4n) is 1.26. The molecule has 7 heteroatoms. The van der Waals surface area contributed by atoms with Crippen molar-refractivity contribution in [3.05, 3.63) is 23.8 Å². The van der Waals surface area contributed by atoms with Gasteiger partial charge in [0.25, 0.3) is 0 Å². The van der Waals surface area contributed by atoms with Crippen molar-refractivity contribution in [3.8, 4) is 0 Å². The van der Waals surface area contributed by atoms with Gasteiger partial charge in [-0.2, -0.15) is 0 Å². The fraction of sp³-hybridized carbons (Fsp3) is 0.333. The van der Waals surface area contributed by atoms with Crippen molar-refractivity contribution in [2.75, 3.05) is 10.5 Å². The molecule has 1 fully saturated rings. The van der Waals surface area contributed by atoms with E-state index in [4.69, 9.17) is 5.73 Å². The highest BCUT2D eigenvalue weighted by Crippen LogP contribution is 2.31. The molecule has 0 spiro atoms. The van der Waals surface area contributed by atoms with Crippen LogP contribution in [-0.2, 0) is 10.0 Å². The van der Waals surface area contributed by atoms with E-state index in [1.54, 1.807) is 0 Å². The molecule has 1 aliphatic rings. The Morgan fingerprint density at radius 3 is 2.50 bits per heavy atom. The Morgan fingerprint density at radius 1 is 1.31 bits per heavy atom. The van der Waals surface area contributed by atoms with Gasteiger partial charge in [0, 0.05) is 0 Å². The minimum atomic E-state index is -3.56. The maximum Gasteiger partial charge on any atom is 0.235 e. The molecule has 16 heavy (non-hydrogen) atoms. The average molecular weight is 248 g/mol. The maximum absolute atomic E-state index is 13.4. The highest BCUT2D eigenvalue weighted by atomic mass is 32.2. The van der Waals surface area contributed by atoms with E-state index in [-0.39, 0.29) is 5.69 Å². The second-order valence-corrected chi connectivity index (χ2v) is 5.63. The van der Waals surface area contributed by atoms with E-state index in [2.05, 4.69) is 4.72 Å². The van der Waals surface area contributed by atoms with Gasteiger partial charge in [-0.15, -0.1) is 0 Å². The van der Waals surface area contributed by atoms with Crippen molar-refractivity contribution >= 4 is 21.4 Å². The van der Waals surface area contributed by atoms with Crippen molar-refractivity contribution < 1.29 is 17.2 Å². The SMILES string of the molecule is Nc1c(F)ccc(NS(=O)(=O)C2CC2)c1F. The van der Waals surface area contributed by atoms with Gasteiger partial charge in [-0.3, -0.25) is 4.72 Å². The molecule has 4 nitrogen and oxygen atoms in total. The average Bonchev–Trinajstić information content (AvgIpc) is 3.02. The first-order chi connectivity index (χ1) is 7.42. The summed E-state index contributed by atoms with van der Waals surface area (Å²) in [6.07, 6.45) is 1.13. The number of nitrogens with two attached hydrogens (primary N) is 1. The number of anilines is 2. The molecule has 0 saturated heterocycles. The Balaban J connectivity index is 2.32. The monoisotopic (exact) mass is 248 g/mol. The van der Waals surface area contributed by atoms with Crippen LogP contribution >= 0.6 is 0 Å². The summed E-state index contributed by atoms with van der Waals surface area (Å²) in [6.45, 7) is 0. The lowest BCUT2D eigenvalue weighted by Crippen LogP contribution is -2.18. The molecule has 1 aromatic carbocycles. The van der Waals surface area contributed by atoms with E-state index in [9.17, 15) is 17.2 Å². The van der Waals surface area contributed by atoms with Crippen LogP contribution in [0.15, 0.2) is 12.1 Å². The first-order valence-electron chi connectivity index (χ1n) is 4.67. The van der Waals surface area contributed by atoms with Crippen LogP contribution in [0.5, 0.6) is 0 Å².